The van der Waals surface area contributed by atoms with Crippen molar-refractivity contribution in [2.24, 2.45) is 0 Å². The van der Waals surface area contributed by atoms with Crippen LogP contribution in [0.5, 0.6) is 0 Å². The fourth-order valence-corrected chi connectivity index (χ4v) is 16.9. The van der Waals surface area contributed by atoms with E-state index in [1.807, 2.05) is 6.07 Å². The molecule has 0 spiro atoms. The molecule has 0 amide bonds. The molecule has 11 aromatic carbocycles. The van der Waals surface area contributed by atoms with E-state index in [1.165, 1.54) is 207 Å². The van der Waals surface area contributed by atoms with E-state index in [-0.39, 0.29) is 16.2 Å². The number of rotatable bonds is 25. The van der Waals surface area contributed by atoms with Crippen LogP contribution in [0, 0.1) is 76.2 Å². The van der Waals surface area contributed by atoms with Crippen LogP contribution in [0.2, 0.25) is 0 Å². The van der Waals surface area contributed by atoms with Gasteiger partial charge in [-0.1, -0.05) is 405 Å². The summed E-state index contributed by atoms with van der Waals surface area (Å²) >= 11 is 0. The van der Waals surface area contributed by atoms with Gasteiger partial charge in [0.1, 0.15) is 0 Å². The van der Waals surface area contributed by atoms with Crippen molar-refractivity contribution in [1.29, 1.82) is 0 Å². The standard InChI is InChI=1S/C25H44.2C19H32.4C14H14/c1-11-23(8,12-2)20-17-21(24(9,13-3)14-4)19(7)22(18-20)25(10,15-5)16-6;1-8-18(6,9-2)16-12-15(5)13-17(14-16)19(7,10-3)11-4;1-8-18(6,9-2)16-13-12-15(5)17(14-16)19(7,10-3)11-4;1-11-7-6-8-12(2)14(11)13-9-4-3-5-10-13;1-11-7-6-10-14(12(11)2)13-8-4-3-5-9-13;1-11-8-9-14(12(2)10-11)13-6-4-3-5-7-13;1-11-8-9-12(2)14(10-11)13-6-4-3-5-7-13/h17-18H,11-16H2,1-10H3;2*12-14H,8-11H2,1-7H3;4*3-10H,1-2H3. The maximum atomic E-state index is 2.57. The Hall–Kier alpha value is -8.58. The zero-order valence-corrected chi connectivity index (χ0v) is 81.5. The molecular weight excluding hydrogens is 1430 g/mol. The van der Waals surface area contributed by atoms with Crippen molar-refractivity contribution in [3.63, 3.8) is 0 Å². The Labute approximate surface area is 731 Å². The largest absolute Gasteiger partial charge is 0.0645 e. The summed E-state index contributed by atoms with van der Waals surface area (Å²) in [5.74, 6) is 0. The van der Waals surface area contributed by atoms with Gasteiger partial charge in [-0.3, -0.25) is 0 Å². The van der Waals surface area contributed by atoms with Gasteiger partial charge in [-0.2, -0.15) is 0 Å². The first-order chi connectivity index (χ1) is 56.4. The lowest BCUT2D eigenvalue weighted by atomic mass is 9.66. The number of aryl methyl sites for hydroxylation is 9. The van der Waals surface area contributed by atoms with Gasteiger partial charge in [-0.15, -0.1) is 0 Å². The highest BCUT2D eigenvalue weighted by atomic mass is 14.4. The summed E-state index contributed by atoms with van der Waals surface area (Å²) in [6.45, 7) is 73.7. The van der Waals surface area contributed by atoms with Gasteiger partial charge in [0.15, 0.2) is 0 Å². The lowest BCUT2D eigenvalue weighted by molar-refractivity contribution is 0.406. The van der Waals surface area contributed by atoms with Gasteiger partial charge in [0.05, 0.1) is 0 Å². The van der Waals surface area contributed by atoms with Crippen molar-refractivity contribution in [3.8, 4) is 44.5 Å². The predicted octanol–water partition coefficient (Wildman–Crippen LogP) is 36.4. The third-order valence-electron chi connectivity index (χ3n) is 29.6. The van der Waals surface area contributed by atoms with Gasteiger partial charge in [-0.05, 0) is 332 Å². The van der Waals surface area contributed by atoms with Crippen LogP contribution in [-0.2, 0) is 37.9 Å². The SMILES string of the molecule is CCC(C)(CC)c1cc(C(C)(CC)CC)c(C)c(C(C)(CC)CC)c1.CCC(C)(CC)c1cc(C)cc(C(C)(CC)CC)c1.CCC(C)(CC)c1ccc(C)c(C(C)(CC)CC)c1.Cc1ccc(-c2ccccc2)c(C)c1.Cc1ccc(C)c(-c2ccccc2)c1.Cc1cccc(-c2ccccc2)c1C.Cc1cccc(C)c1-c1ccccc1. The zero-order chi connectivity index (χ0) is 88.7. The van der Waals surface area contributed by atoms with Crippen molar-refractivity contribution in [3.05, 3.63) is 343 Å². The van der Waals surface area contributed by atoms with E-state index >= 15 is 0 Å². The minimum atomic E-state index is 0.277. The summed E-state index contributed by atoms with van der Waals surface area (Å²) in [6.07, 6.45) is 16.9. The molecule has 0 radical (unpaired) electrons. The van der Waals surface area contributed by atoms with Gasteiger partial charge < -0.3 is 0 Å². The predicted molar refractivity (Wildman–Crippen MR) is 534 cm³/mol. The highest BCUT2D eigenvalue weighted by Crippen LogP contribution is 2.46. The van der Waals surface area contributed by atoms with Crippen molar-refractivity contribution in [2.45, 2.75) is 349 Å². The Morgan fingerprint density at radius 3 is 0.882 bits per heavy atom. The Bertz CT molecular complexity index is 4660. The molecule has 0 heterocycles. The van der Waals surface area contributed by atoms with Gasteiger partial charge in [0, 0.05) is 0 Å². The van der Waals surface area contributed by atoms with Crippen LogP contribution >= 0.6 is 0 Å². The molecule has 0 aliphatic heterocycles. The second-order valence-corrected chi connectivity index (χ2v) is 36.8. The van der Waals surface area contributed by atoms with E-state index in [0.717, 1.165) is 0 Å². The lowest BCUT2D eigenvalue weighted by Crippen LogP contribution is -2.29. The van der Waals surface area contributed by atoms with E-state index in [9.17, 15) is 0 Å². The van der Waals surface area contributed by atoms with Crippen LogP contribution in [0.1, 0.15) is 335 Å². The van der Waals surface area contributed by atoms with E-state index in [2.05, 4.69) is 458 Å². The van der Waals surface area contributed by atoms with Crippen molar-refractivity contribution >= 4 is 0 Å². The Kier molecular flexibility index (Phi) is 39.9. The molecular formula is C119H164. The third kappa shape index (κ3) is 26.5. The molecule has 0 bridgehead atoms. The molecule has 0 N–H and O–H groups in total. The van der Waals surface area contributed by atoms with E-state index in [0.29, 0.717) is 21.7 Å². The molecule has 0 atom stereocenters. The topological polar surface area (TPSA) is 0 Å². The smallest absolute Gasteiger partial charge is 0.00777 e. The summed E-state index contributed by atoms with van der Waals surface area (Å²) in [5.41, 5.74) is 38.8. The molecule has 0 nitrogen and oxygen atoms in total. The second-order valence-electron chi connectivity index (χ2n) is 36.8. The minimum absolute atomic E-state index is 0.277. The molecule has 11 aromatic rings. The summed E-state index contributed by atoms with van der Waals surface area (Å²) in [7, 11) is 0. The normalized spacial score (nSPS) is 11.7. The lowest BCUT2D eigenvalue weighted by Gasteiger charge is -2.38. The van der Waals surface area contributed by atoms with E-state index in [1.54, 1.807) is 27.8 Å². The Balaban J connectivity index is 0.000000250. The molecule has 0 saturated carbocycles. The van der Waals surface area contributed by atoms with E-state index in [4.69, 9.17) is 0 Å². The van der Waals surface area contributed by atoms with Crippen LogP contribution in [0.3, 0.4) is 0 Å². The van der Waals surface area contributed by atoms with Crippen LogP contribution in [0.25, 0.3) is 44.5 Å². The Morgan fingerprint density at radius 2 is 0.487 bits per heavy atom. The summed E-state index contributed by atoms with van der Waals surface area (Å²) in [4.78, 5) is 0. The first-order valence-electron chi connectivity index (χ1n) is 46.3. The molecule has 0 aliphatic carbocycles. The average molecular weight is 1590 g/mol. The van der Waals surface area contributed by atoms with Gasteiger partial charge >= 0.3 is 0 Å². The van der Waals surface area contributed by atoms with E-state index < -0.39 is 0 Å². The molecule has 0 heteroatoms. The molecule has 640 valence electrons. The van der Waals surface area contributed by atoms with Crippen molar-refractivity contribution in [2.75, 3.05) is 0 Å². The number of hydrogen-bond acceptors (Lipinski definition) is 0. The average Bonchev–Trinajstić information content (AvgIpc) is 0.753. The maximum Gasteiger partial charge on any atom is -0.00777 e. The number of hydrogen-bond donors (Lipinski definition) is 0. The first kappa shape index (κ1) is 101. The molecule has 0 saturated heterocycles. The van der Waals surface area contributed by atoms with Crippen LogP contribution in [0.15, 0.2) is 243 Å². The highest BCUT2D eigenvalue weighted by molar-refractivity contribution is 5.72. The van der Waals surface area contributed by atoms with Crippen LogP contribution in [0.4, 0.5) is 0 Å². The van der Waals surface area contributed by atoms with Crippen LogP contribution < -0.4 is 0 Å². The second kappa shape index (κ2) is 47.0. The quantitative estimate of drug-likeness (QED) is 0.0535. The molecule has 0 fully saturated rings. The molecule has 11 rings (SSSR count). The van der Waals surface area contributed by atoms with Crippen molar-refractivity contribution in [1.82, 2.24) is 0 Å². The summed E-state index contributed by atoms with van der Waals surface area (Å²) in [5, 5.41) is 0. The summed E-state index contributed by atoms with van der Waals surface area (Å²) < 4.78 is 0. The van der Waals surface area contributed by atoms with Crippen molar-refractivity contribution < 1.29 is 0 Å². The highest BCUT2D eigenvalue weighted by Gasteiger charge is 2.35. The summed E-state index contributed by atoms with van der Waals surface area (Å²) in [6, 6.07) is 87.7. The third-order valence-corrected chi connectivity index (χ3v) is 29.6. The molecule has 0 aliphatic rings. The maximum absolute atomic E-state index is 2.57. The first-order valence-corrected chi connectivity index (χ1v) is 46.3. The number of benzene rings is 11. The van der Waals surface area contributed by atoms with Crippen LogP contribution in [-0.4, -0.2) is 0 Å². The fourth-order valence-electron chi connectivity index (χ4n) is 16.9. The molecule has 119 heavy (non-hydrogen) atoms. The van der Waals surface area contributed by atoms with Gasteiger partial charge in [0.2, 0.25) is 0 Å². The monoisotopic (exact) mass is 1590 g/mol. The fraction of sp³-hybridized carbons (Fsp3) is 0.445. The molecule has 0 unspecified atom stereocenters. The van der Waals surface area contributed by atoms with Gasteiger partial charge in [-0.25, -0.2) is 0 Å². The zero-order valence-electron chi connectivity index (χ0n) is 81.5. The molecule has 0 aromatic heterocycles. The minimum Gasteiger partial charge on any atom is -0.0645 e. The Morgan fingerprint density at radius 1 is 0.176 bits per heavy atom. The van der Waals surface area contributed by atoms with Gasteiger partial charge in [0.25, 0.3) is 0 Å².